The lowest BCUT2D eigenvalue weighted by molar-refractivity contribution is -0.895. The van der Waals surface area contributed by atoms with Gasteiger partial charge in [0.25, 0.3) is 5.91 Å². The fourth-order valence-corrected chi connectivity index (χ4v) is 5.57. The number of carbonyl (C=O) groups excluding carboxylic acids is 2. The highest BCUT2D eigenvalue weighted by atomic mass is 32.2. The molecule has 0 spiro atoms. The van der Waals surface area contributed by atoms with Crippen molar-refractivity contribution in [1.29, 1.82) is 0 Å². The zero-order valence-electron chi connectivity index (χ0n) is 15.7. The zero-order valence-corrected chi connectivity index (χ0v) is 16.6. The molecule has 2 aliphatic heterocycles. The first-order valence-corrected chi connectivity index (χ1v) is 11.4. The maximum absolute atomic E-state index is 12.5. The van der Waals surface area contributed by atoms with Crippen molar-refractivity contribution in [2.24, 2.45) is 5.92 Å². The number of amides is 2. The van der Waals surface area contributed by atoms with Gasteiger partial charge in [0.05, 0.1) is 43.6 Å². The molecule has 27 heavy (non-hydrogen) atoms. The number of sulfone groups is 1. The number of aryl methyl sites for hydroxylation is 1. The van der Waals surface area contributed by atoms with E-state index in [0.29, 0.717) is 39.1 Å². The molecule has 2 N–H and O–H groups in total. The summed E-state index contributed by atoms with van der Waals surface area (Å²) in [6, 6.07) is 7.80. The van der Waals surface area contributed by atoms with Gasteiger partial charge in [0.15, 0.2) is 16.4 Å². The van der Waals surface area contributed by atoms with Crippen LogP contribution in [0.15, 0.2) is 24.3 Å². The van der Waals surface area contributed by atoms with Gasteiger partial charge in [-0.05, 0) is 24.5 Å². The Bertz CT molecular complexity index is 801. The summed E-state index contributed by atoms with van der Waals surface area (Å²) in [6.45, 7) is 4.98. The number of benzene rings is 1. The van der Waals surface area contributed by atoms with E-state index in [4.69, 9.17) is 0 Å². The quantitative estimate of drug-likeness (QED) is 0.695. The fourth-order valence-electron chi connectivity index (χ4n) is 3.84. The van der Waals surface area contributed by atoms with Gasteiger partial charge in [-0.3, -0.25) is 9.59 Å². The van der Waals surface area contributed by atoms with E-state index < -0.39 is 9.84 Å². The molecule has 2 heterocycles. The van der Waals surface area contributed by atoms with Crippen LogP contribution >= 0.6 is 0 Å². The minimum atomic E-state index is -3.05. The number of hydrogen-bond acceptors (Lipinski definition) is 4. The first kappa shape index (κ1) is 19.8. The van der Waals surface area contributed by atoms with Crippen LogP contribution in [0, 0.1) is 5.92 Å². The smallest absolute Gasteiger partial charge is 0.279 e. The maximum Gasteiger partial charge on any atom is 0.279 e. The van der Waals surface area contributed by atoms with Crippen LogP contribution in [0.4, 0.5) is 5.69 Å². The van der Waals surface area contributed by atoms with E-state index in [2.05, 4.69) is 12.2 Å². The predicted octanol–water partition coefficient (Wildman–Crippen LogP) is -0.651. The van der Waals surface area contributed by atoms with Gasteiger partial charge in [0, 0.05) is 5.69 Å². The van der Waals surface area contributed by atoms with E-state index in [9.17, 15) is 18.0 Å². The number of hydrogen-bond donors (Lipinski definition) is 2. The van der Waals surface area contributed by atoms with Crippen molar-refractivity contribution in [2.45, 2.75) is 19.8 Å². The summed E-state index contributed by atoms with van der Waals surface area (Å²) in [4.78, 5) is 27.8. The molecule has 3 rings (SSSR count). The van der Waals surface area contributed by atoms with Crippen LogP contribution in [-0.4, -0.2) is 69.4 Å². The first-order chi connectivity index (χ1) is 12.9. The summed E-state index contributed by atoms with van der Waals surface area (Å²) in [5.41, 5.74) is 1.98. The van der Waals surface area contributed by atoms with Gasteiger partial charge in [-0.1, -0.05) is 25.1 Å². The van der Waals surface area contributed by atoms with Crippen LogP contribution in [0.1, 0.15) is 18.9 Å². The molecule has 0 unspecified atom stereocenters. The number of quaternary nitrogens is 1. The largest absolute Gasteiger partial charge is 0.331 e. The third-order valence-electron chi connectivity index (χ3n) is 5.45. The van der Waals surface area contributed by atoms with Crippen molar-refractivity contribution < 1.29 is 22.9 Å². The highest BCUT2D eigenvalue weighted by Gasteiger charge is 2.37. The van der Waals surface area contributed by atoms with Crippen LogP contribution < -0.4 is 10.2 Å². The molecule has 8 heteroatoms. The molecule has 2 aliphatic rings. The molecule has 148 valence electrons. The molecule has 1 atom stereocenters. The van der Waals surface area contributed by atoms with E-state index in [1.54, 1.807) is 4.90 Å². The van der Waals surface area contributed by atoms with Crippen LogP contribution in [-0.2, 0) is 25.8 Å². The summed E-state index contributed by atoms with van der Waals surface area (Å²) in [6.07, 6.45) is 1.30. The van der Waals surface area contributed by atoms with Crippen molar-refractivity contribution in [2.75, 3.05) is 49.5 Å². The van der Waals surface area contributed by atoms with Gasteiger partial charge in [-0.2, -0.15) is 0 Å². The number of anilines is 1. The first-order valence-electron chi connectivity index (χ1n) is 9.58. The van der Waals surface area contributed by atoms with E-state index in [0.717, 1.165) is 22.6 Å². The lowest BCUT2D eigenvalue weighted by Crippen LogP contribution is -3.15. The van der Waals surface area contributed by atoms with E-state index in [1.807, 2.05) is 24.3 Å². The topological polar surface area (TPSA) is 88.0 Å². The Labute approximate surface area is 160 Å². The monoisotopic (exact) mass is 394 g/mol. The second-order valence-electron chi connectivity index (χ2n) is 7.41. The number of nitrogens with zero attached hydrogens (tertiary/aromatic N) is 1. The standard InChI is InChI=1S/C19H27N3O4S/c1-2-15-5-3-4-6-17(15)20-18(23)13-21-8-10-22(11-9-21)19(24)16-7-12-27(25,26)14-16/h3-6,16H,2,7-14H2,1H3,(H,20,23)/p+1/t16-/m0/s1. The molecule has 2 saturated heterocycles. The highest BCUT2D eigenvalue weighted by Crippen LogP contribution is 2.20. The number of nitrogens with one attached hydrogen (secondary N) is 2. The summed E-state index contributed by atoms with van der Waals surface area (Å²) >= 11 is 0. The molecule has 0 bridgehead atoms. The Morgan fingerprint density at radius 2 is 1.93 bits per heavy atom. The van der Waals surface area contributed by atoms with Gasteiger partial charge in [0.2, 0.25) is 5.91 Å². The predicted molar refractivity (Wildman–Crippen MR) is 103 cm³/mol. The Hall–Kier alpha value is -1.93. The number of piperazine rings is 1. The van der Waals surface area contributed by atoms with Crippen LogP contribution in [0.5, 0.6) is 0 Å². The lowest BCUT2D eigenvalue weighted by Gasteiger charge is -2.33. The SMILES string of the molecule is CCc1ccccc1NC(=O)C[NH+]1CCN(C(=O)[C@H]2CCS(=O)(=O)C2)CC1. The van der Waals surface area contributed by atoms with Gasteiger partial charge in [-0.15, -0.1) is 0 Å². The fraction of sp³-hybridized carbons (Fsp3) is 0.579. The summed E-state index contributed by atoms with van der Waals surface area (Å²) in [5, 5.41) is 2.99. The second kappa shape index (κ2) is 8.39. The van der Waals surface area contributed by atoms with Crippen molar-refractivity contribution in [1.82, 2.24) is 4.90 Å². The van der Waals surface area contributed by atoms with Crippen LogP contribution in [0.3, 0.4) is 0 Å². The molecule has 0 radical (unpaired) electrons. The average Bonchev–Trinajstić information content (AvgIpc) is 3.02. The van der Waals surface area contributed by atoms with E-state index in [-0.39, 0.29) is 29.2 Å². The highest BCUT2D eigenvalue weighted by molar-refractivity contribution is 7.91. The molecule has 0 saturated carbocycles. The third kappa shape index (κ3) is 5.07. The Morgan fingerprint density at radius 1 is 1.22 bits per heavy atom. The molecule has 7 nitrogen and oxygen atoms in total. The van der Waals surface area contributed by atoms with Gasteiger partial charge < -0.3 is 15.1 Å². The molecule has 0 aliphatic carbocycles. The molecule has 2 amide bonds. The minimum absolute atomic E-state index is 0.0157. The second-order valence-corrected chi connectivity index (χ2v) is 9.64. The average molecular weight is 395 g/mol. The summed E-state index contributed by atoms with van der Waals surface area (Å²) in [5.74, 6) is -0.346. The number of rotatable bonds is 5. The minimum Gasteiger partial charge on any atom is -0.331 e. The van der Waals surface area contributed by atoms with Crippen molar-refractivity contribution in [3.05, 3.63) is 29.8 Å². The Morgan fingerprint density at radius 3 is 2.56 bits per heavy atom. The molecule has 2 fully saturated rings. The van der Waals surface area contributed by atoms with Gasteiger partial charge in [-0.25, -0.2) is 8.42 Å². The van der Waals surface area contributed by atoms with Crippen molar-refractivity contribution in [3.8, 4) is 0 Å². The van der Waals surface area contributed by atoms with Gasteiger partial charge >= 0.3 is 0 Å². The van der Waals surface area contributed by atoms with E-state index >= 15 is 0 Å². The summed E-state index contributed by atoms with van der Waals surface area (Å²) < 4.78 is 23.2. The maximum atomic E-state index is 12.5. The normalized spacial score (nSPS) is 22.6. The summed E-state index contributed by atoms with van der Waals surface area (Å²) in [7, 11) is -3.05. The van der Waals surface area contributed by atoms with Crippen molar-refractivity contribution >= 4 is 27.3 Å². The number of carbonyl (C=O) groups is 2. The Balaban J connectivity index is 1.46. The van der Waals surface area contributed by atoms with Crippen LogP contribution in [0.25, 0.3) is 0 Å². The lowest BCUT2D eigenvalue weighted by atomic mass is 10.1. The Kier molecular flexibility index (Phi) is 6.16. The molecular weight excluding hydrogens is 366 g/mol. The van der Waals surface area contributed by atoms with Crippen molar-refractivity contribution in [3.63, 3.8) is 0 Å². The third-order valence-corrected chi connectivity index (χ3v) is 7.21. The van der Waals surface area contributed by atoms with E-state index in [1.165, 1.54) is 0 Å². The van der Waals surface area contributed by atoms with Gasteiger partial charge in [0.1, 0.15) is 0 Å². The molecule has 1 aromatic carbocycles. The molecule has 1 aromatic rings. The molecular formula is C19H28N3O4S+. The zero-order chi connectivity index (χ0) is 19.4. The number of para-hydroxylation sites is 1. The molecule has 0 aromatic heterocycles. The van der Waals surface area contributed by atoms with Crippen LogP contribution in [0.2, 0.25) is 0 Å².